The van der Waals surface area contributed by atoms with Crippen molar-refractivity contribution >= 4 is 87.1 Å². The summed E-state index contributed by atoms with van der Waals surface area (Å²) in [5.74, 6) is -2.94. The SMILES string of the molecule is COC(=O)C1=C(N)n2c(s/c(=C\c3ccc(Cl)cc3Cl)c2=O)=C(C(=O)OC)C1c1ccc(Cl)cc1Cl. The van der Waals surface area contributed by atoms with Crippen molar-refractivity contribution in [3.63, 3.8) is 0 Å². The Morgan fingerprint density at radius 3 is 2.11 bits per heavy atom. The largest absolute Gasteiger partial charge is 0.466 e. The fourth-order valence-corrected chi connectivity index (χ4v) is 6.01. The van der Waals surface area contributed by atoms with Gasteiger partial charge in [-0.15, -0.1) is 11.3 Å². The van der Waals surface area contributed by atoms with Gasteiger partial charge in [0.25, 0.3) is 5.56 Å². The van der Waals surface area contributed by atoms with Gasteiger partial charge in [0.2, 0.25) is 0 Å². The minimum absolute atomic E-state index is 0.0136. The van der Waals surface area contributed by atoms with Crippen LogP contribution in [0.1, 0.15) is 17.0 Å². The molecule has 2 aromatic carbocycles. The zero-order chi connectivity index (χ0) is 26.3. The van der Waals surface area contributed by atoms with Crippen molar-refractivity contribution in [2.75, 3.05) is 14.2 Å². The molecule has 4 rings (SSSR count). The maximum Gasteiger partial charge on any atom is 0.338 e. The van der Waals surface area contributed by atoms with E-state index in [-0.39, 0.29) is 31.2 Å². The smallest absolute Gasteiger partial charge is 0.338 e. The van der Waals surface area contributed by atoms with Crippen molar-refractivity contribution in [1.29, 1.82) is 0 Å². The van der Waals surface area contributed by atoms with Crippen molar-refractivity contribution in [2.45, 2.75) is 5.92 Å². The fourth-order valence-electron chi connectivity index (χ4n) is 3.87. The van der Waals surface area contributed by atoms with Crippen molar-refractivity contribution in [2.24, 2.45) is 5.73 Å². The molecule has 186 valence electrons. The number of carbonyl (C=O) groups excluding carboxylic acids is 2. The molecule has 0 aliphatic carbocycles. The highest BCUT2D eigenvalue weighted by Gasteiger charge is 2.40. The Balaban J connectivity index is 2.15. The lowest BCUT2D eigenvalue weighted by molar-refractivity contribution is -0.136. The highest BCUT2D eigenvalue weighted by atomic mass is 35.5. The molecule has 0 spiro atoms. The first-order chi connectivity index (χ1) is 17.1. The van der Waals surface area contributed by atoms with Gasteiger partial charge in [-0.05, 0) is 41.5 Å². The molecule has 7 nitrogen and oxygen atoms in total. The molecular weight excluding hydrogens is 570 g/mol. The second-order valence-electron chi connectivity index (χ2n) is 7.52. The predicted octanol–water partition coefficient (Wildman–Crippen LogP) is 3.77. The summed E-state index contributed by atoms with van der Waals surface area (Å²) in [4.78, 5) is 39.5. The van der Waals surface area contributed by atoms with Gasteiger partial charge in [-0.2, -0.15) is 0 Å². The average molecular weight is 586 g/mol. The van der Waals surface area contributed by atoms with Crippen molar-refractivity contribution in [3.05, 3.63) is 92.7 Å². The summed E-state index contributed by atoms with van der Waals surface area (Å²) >= 11 is 25.8. The number of nitrogens with two attached hydrogens (primary N) is 1. The number of fused-ring (bicyclic) bond motifs is 1. The van der Waals surface area contributed by atoms with E-state index >= 15 is 0 Å². The number of methoxy groups -OCH3 is 2. The van der Waals surface area contributed by atoms with E-state index in [1.807, 2.05) is 0 Å². The zero-order valence-corrected chi connectivity index (χ0v) is 22.4. The monoisotopic (exact) mass is 584 g/mol. The summed E-state index contributed by atoms with van der Waals surface area (Å²) in [6.07, 6.45) is 1.54. The summed E-state index contributed by atoms with van der Waals surface area (Å²) in [7, 11) is 2.35. The van der Waals surface area contributed by atoms with Crippen LogP contribution in [0.5, 0.6) is 0 Å². The molecule has 1 unspecified atom stereocenters. The van der Waals surface area contributed by atoms with Crippen LogP contribution in [-0.2, 0) is 19.1 Å². The lowest BCUT2D eigenvalue weighted by Gasteiger charge is -2.27. The molecule has 2 heterocycles. The first kappa shape index (κ1) is 26.3. The summed E-state index contributed by atoms with van der Waals surface area (Å²) in [5, 5.41) is 1.27. The standard InChI is InChI=1S/C24H16Cl4N2O5S/c1-34-23(32)18-17(13-6-5-12(26)9-15(13)28)19(24(33)35-2)22-30(20(18)29)21(31)16(36-22)7-10-3-4-11(25)8-14(10)27/h3-9,17H,29H2,1-2H3/b16-7-. The normalized spacial score (nSPS) is 15.7. The Bertz CT molecular complexity index is 1640. The lowest BCUT2D eigenvalue weighted by Crippen LogP contribution is -2.41. The number of aromatic nitrogens is 1. The first-order valence-electron chi connectivity index (χ1n) is 10.1. The highest BCUT2D eigenvalue weighted by Crippen LogP contribution is 2.41. The molecule has 0 saturated carbocycles. The van der Waals surface area contributed by atoms with Crippen molar-refractivity contribution in [1.82, 2.24) is 4.57 Å². The molecule has 3 aromatic rings. The molecule has 0 saturated heterocycles. The molecule has 36 heavy (non-hydrogen) atoms. The zero-order valence-electron chi connectivity index (χ0n) is 18.6. The molecule has 0 fully saturated rings. The van der Waals surface area contributed by atoms with E-state index in [9.17, 15) is 14.4 Å². The molecule has 1 aliphatic heterocycles. The second kappa shape index (κ2) is 10.3. The number of benzene rings is 2. The van der Waals surface area contributed by atoms with Gasteiger partial charge in [-0.25, -0.2) is 9.59 Å². The number of rotatable bonds is 4. The van der Waals surface area contributed by atoms with Gasteiger partial charge in [0.1, 0.15) is 10.5 Å². The molecule has 0 amide bonds. The summed E-state index contributed by atoms with van der Waals surface area (Å²) in [6, 6.07) is 9.40. The molecule has 2 N–H and O–H groups in total. The van der Waals surface area contributed by atoms with Crippen LogP contribution in [0.2, 0.25) is 20.1 Å². The topological polar surface area (TPSA) is 101 Å². The number of carbonyl (C=O) groups is 2. The van der Waals surface area contributed by atoms with E-state index in [4.69, 9.17) is 61.6 Å². The van der Waals surface area contributed by atoms with E-state index in [2.05, 4.69) is 0 Å². The fraction of sp³-hybridized carbons (Fsp3) is 0.125. The number of thiazole rings is 1. The minimum atomic E-state index is -1.10. The Hall–Kier alpha value is -2.75. The van der Waals surface area contributed by atoms with Crippen LogP contribution in [-0.4, -0.2) is 30.7 Å². The summed E-state index contributed by atoms with van der Waals surface area (Å²) in [5.41, 5.74) is 6.53. The van der Waals surface area contributed by atoms with Crippen LogP contribution >= 0.6 is 57.7 Å². The molecule has 1 atom stereocenters. The van der Waals surface area contributed by atoms with Crippen LogP contribution in [0.3, 0.4) is 0 Å². The lowest BCUT2D eigenvalue weighted by atomic mass is 9.83. The molecule has 0 bridgehead atoms. The maximum absolute atomic E-state index is 13.5. The summed E-state index contributed by atoms with van der Waals surface area (Å²) < 4.78 is 11.5. The van der Waals surface area contributed by atoms with E-state index in [1.54, 1.807) is 30.3 Å². The molecular formula is C24H16Cl4N2O5S. The van der Waals surface area contributed by atoms with E-state index in [1.165, 1.54) is 19.2 Å². The molecule has 1 aliphatic rings. The third-order valence-corrected chi connectivity index (χ3v) is 7.71. The average Bonchev–Trinajstić information content (AvgIpc) is 3.15. The third kappa shape index (κ3) is 4.55. The quantitative estimate of drug-likeness (QED) is 0.468. The van der Waals surface area contributed by atoms with Gasteiger partial charge in [0, 0.05) is 20.1 Å². The summed E-state index contributed by atoms with van der Waals surface area (Å²) in [6.45, 7) is 0. The predicted molar refractivity (Wildman–Crippen MR) is 142 cm³/mol. The van der Waals surface area contributed by atoms with Crippen LogP contribution in [0.4, 0.5) is 0 Å². The van der Waals surface area contributed by atoms with E-state index in [0.29, 0.717) is 26.2 Å². The van der Waals surface area contributed by atoms with Gasteiger partial charge in [0.15, 0.2) is 0 Å². The Kier molecular flexibility index (Phi) is 7.54. The van der Waals surface area contributed by atoms with Gasteiger partial charge >= 0.3 is 11.9 Å². The number of hydrogen-bond acceptors (Lipinski definition) is 7. The second-order valence-corrected chi connectivity index (χ2v) is 10.2. The molecule has 1 aromatic heterocycles. The Morgan fingerprint density at radius 1 is 0.944 bits per heavy atom. The van der Waals surface area contributed by atoms with E-state index in [0.717, 1.165) is 23.0 Å². The number of ether oxygens (including phenoxy) is 2. The maximum atomic E-state index is 13.5. The van der Waals surface area contributed by atoms with Crippen LogP contribution in [0.25, 0.3) is 17.5 Å². The third-order valence-electron chi connectivity index (χ3n) is 5.48. The molecule has 0 radical (unpaired) electrons. The van der Waals surface area contributed by atoms with E-state index < -0.39 is 23.4 Å². The van der Waals surface area contributed by atoms with Gasteiger partial charge in [0.05, 0.1) is 35.8 Å². The van der Waals surface area contributed by atoms with Crippen molar-refractivity contribution < 1.29 is 19.1 Å². The highest BCUT2D eigenvalue weighted by molar-refractivity contribution is 7.07. The van der Waals surface area contributed by atoms with Gasteiger partial charge < -0.3 is 15.2 Å². The van der Waals surface area contributed by atoms with Crippen molar-refractivity contribution in [3.8, 4) is 0 Å². The number of esters is 2. The Morgan fingerprint density at radius 2 is 1.53 bits per heavy atom. The van der Waals surface area contributed by atoms with Gasteiger partial charge in [-0.1, -0.05) is 58.5 Å². The van der Waals surface area contributed by atoms with Crippen LogP contribution in [0, 0.1) is 0 Å². The number of halogens is 4. The molecule has 12 heteroatoms. The number of hydrogen-bond donors (Lipinski definition) is 1. The van der Waals surface area contributed by atoms with Crippen LogP contribution in [0.15, 0.2) is 46.8 Å². The number of nitrogens with zero attached hydrogens (tertiary/aromatic N) is 1. The van der Waals surface area contributed by atoms with Gasteiger partial charge in [-0.3, -0.25) is 9.36 Å². The first-order valence-corrected chi connectivity index (χ1v) is 12.5. The Labute approximate surface area is 228 Å². The van der Waals surface area contributed by atoms with Crippen LogP contribution < -0.4 is 20.5 Å². The minimum Gasteiger partial charge on any atom is -0.466 e.